The summed E-state index contributed by atoms with van der Waals surface area (Å²) in [7, 11) is 0. The van der Waals surface area contributed by atoms with Crippen LogP contribution in [0, 0.1) is 0 Å². The van der Waals surface area contributed by atoms with Crippen molar-refractivity contribution >= 4 is 12.0 Å². The number of nitrogens with zero attached hydrogens (tertiary/aromatic N) is 2. The minimum Gasteiger partial charge on any atom is -0.378 e. The third-order valence-electron chi connectivity index (χ3n) is 3.59. The molecule has 1 saturated heterocycles. The summed E-state index contributed by atoms with van der Waals surface area (Å²) in [5.74, 6) is 0.0338. The zero-order valence-electron chi connectivity index (χ0n) is 12.3. The molecule has 0 N–H and O–H groups in total. The Morgan fingerprint density at radius 2 is 2.00 bits per heavy atom. The van der Waals surface area contributed by atoms with Gasteiger partial charge < -0.3 is 9.64 Å². The van der Waals surface area contributed by atoms with Crippen LogP contribution in [0.5, 0.6) is 0 Å². The summed E-state index contributed by atoms with van der Waals surface area (Å²) >= 11 is 0. The van der Waals surface area contributed by atoms with E-state index in [4.69, 9.17) is 4.74 Å². The molecular formula is C18H18N2O2. The summed E-state index contributed by atoms with van der Waals surface area (Å²) in [5, 5.41) is 0. The molecule has 1 fully saturated rings. The largest absolute Gasteiger partial charge is 0.378 e. The molecular weight excluding hydrogens is 276 g/mol. The SMILES string of the molecule is O=C(C=Cc1cccc(-c2ccccn2)c1)N1CCOCC1. The second kappa shape index (κ2) is 7.00. The van der Waals surface area contributed by atoms with E-state index >= 15 is 0 Å². The molecule has 3 rings (SSSR count). The Hall–Kier alpha value is -2.46. The fourth-order valence-electron chi connectivity index (χ4n) is 2.39. The van der Waals surface area contributed by atoms with E-state index in [9.17, 15) is 4.79 Å². The predicted octanol–water partition coefficient (Wildman–Crippen LogP) is 2.62. The lowest BCUT2D eigenvalue weighted by Gasteiger charge is -2.25. The Bertz CT molecular complexity index is 662. The van der Waals surface area contributed by atoms with Crippen molar-refractivity contribution in [2.24, 2.45) is 0 Å². The molecule has 1 aromatic carbocycles. The molecule has 0 atom stereocenters. The van der Waals surface area contributed by atoms with E-state index in [1.807, 2.05) is 53.4 Å². The normalized spacial score (nSPS) is 15.2. The molecule has 1 aliphatic heterocycles. The van der Waals surface area contributed by atoms with Crippen molar-refractivity contribution < 1.29 is 9.53 Å². The average molecular weight is 294 g/mol. The fourth-order valence-corrected chi connectivity index (χ4v) is 2.39. The Kier molecular flexibility index (Phi) is 4.61. The molecule has 4 heteroatoms. The van der Waals surface area contributed by atoms with E-state index in [1.54, 1.807) is 12.3 Å². The monoisotopic (exact) mass is 294 g/mol. The molecule has 4 nitrogen and oxygen atoms in total. The molecule has 2 heterocycles. The molecule has 112 valence electrons. The molecule has 0 saturated carbocycles. The van der Waals surface area contributed by atoms with Crippen LogP contribution < -0.4 is 0 Å². The van der Waals surface area contributed by atoms with Crippen LogP contribution in [0.15, 0.2) is 54.7 Å². The highest BCUT2D eigenvalue weighted by Gasteiger charge is 2.13. The molecule has 0 aliphatic carbocycles. The van der Waals surface area contributed by atoms with Crippen molar-refractivity contribution in [3.8, 4) is 11.3 Å². The lowest BCUT2D eigenvalue weighted by atomic mass is 10.1. The first-order valence-corrected chi connectivity index (χ1v) is 7.39. The maximum Gasteiger partial charge on any atom is 0.246 e. The second-order valence-electron chi connectivity index (χ2n) is 5.11. The lowest BCUT2D eigenvalue weighted by molar-refractivity contribution is -0.129. The van der Waals surface area contributed by atoms with Gasteiger partial charge in [0.05, 0.1) is 18.9 Å². The van der Waals surface area contributed by atoms with Crippen molar-refractivity contribution in [3.05, 3.63) is 60.3 Å². The van der Waals surface area contributed by atoms with Gasteiger partial charge in [-0.25, -0.2) is 0 Å². The van der Waals surface area contributed by atoms with Gasteiger partial charge in [-0.3, -0.25) is 9.78 Å². The quantitative estimate of drug-likeness (QED) is 0.817. The minimum atomic E-state index is 0.0338. The smallest absolute Gasteiger partial charge is 0.246 e. The first kappa shape index (κ1) is 14.5. The molecule has 0 radical (unpaired) electrons. The highest BCUT2D eigenvalue weighted by molar-refractivity contribution is 5.92. The number of carbonyl (C=O) groups is 1. The van der Waals surface area contributed by atoms with Crippen molar-refractivity contribution in [1.29, 1.82) is 0 Å². The van der Waals surface area contributed by atoms with Gasteiger partial charge in [-0.05, 0) is 29.8 Å². The van der Waals surface area contributed by atoms with Crippen LogP contribution in [0.1, 0.15) is 5.56 Å². The number of rotatable bonds is 3. The van der Waals surface area contributed by atoms with E-state index < -0.39 is 0 Å². The number of carbonyl (C=O) groups excluding carboxylic acids is 1. The number of hydrogen-bond donors (Lipinski definition) is 0. The fraction of sp³-hybridized carbons (Fsp3) is 0.222. The third kappa shape index (κ3) is 3.59. The van der Waals surface area contributed by atoms with E-state index in [-0.39, 0.29) is 5.91 Å². The summed E-state index contributed by atoms with van der Waals surface area (Å²) in [6, 6.07) is 13.8. The van der Waals surface area contributed by atoms with Crippen molar-refractivity contribution in [2.75, 3.05) is 26.3 Å². The number of aromatic nitrogens is 1. The van der Waals surface area contributed by atoms with Gasteiger partial charge in [0, 0.05) is 30.9 Å². The highest BCUT2D eigenvalue weighted by atomic mass is 16.5. The molecule has 2 aromatic rings. The van der Waals surface area contributed by atoms with E-state index in [2.05, 4.69) is 4.98 Å². The van der Waals surface area contributed by atoms with Crippen LogP contribution in [-0.4, -0.2) is 42.1 Å². The van der Waals surface area contributed by atoms with Crippen molar-refractivity contribution in [2.45, 2.75) is 0 Å². The first-order chi connectivity index (χ1) is 10.8. The number of pyridine rings is 1. The highest BCUT2D eigenvalue weighted by Crippen LogP contribution is 2.18. The van der Waals surface area contributed by atoms with Gasteiger partial charge >= 0.3 is 0 Å². The summed E-state index contributed by atoms with van der Waals surface area (Å²) in [4.78, 5) is 18.3. The molecule has 0 spiro atoms. The average Bonchev–Trinajstić information content (AvgIpc) is 2.61. The van der Waals surface area contributed by atoms with Gasteiger partial charge in [0.25, 0.3) is 0 Å². The van der Waals surface area contributed by atoms with Crippen LogP contribution in [-0.2, 0) is 9.53 Å². The van der Waals surface area contributed by atoms with Gasteiger partial charge in [0.1, 0.15) is 0 Å². The maximum atomic E-state index is 12.1. The minimum absolute atomic E-state index is 0.0338. The number of morpholine rings is 1. The number of hydrogen-bond acceptors (Lipinski definition) is 3. The van der Waals surface area contributed by atoms with Crippen LogP contribution in [0.2, 0.25) is 0 Å². The van der Waals surface area contributed by atoms with Crippen LogP contribution in [0.3, 0.4) is 0 Å². The van der Waals surface area contributed by atoms with E-state index in [0.29, 0.717) is 26.3 Å². The van der Waals surface area contributed by atoms with Crippen molar-refractivity contribution in [3.63, 3.8) is 0 Å². The maximum absolute atomic E-state index is 12.1. The number of ether oxygens (including phenoxy) is 1. The van der Waals surface area contributed by atoms with Gasteiger partial charge in [-0.1, -0.05) is 24.3 Å². The zero-order chi connectivity index (χ0) is 15.2. The summed E-state index contributed by atoms with van der Waals surface area (Å²) in [6.45, 7) is 2.57. The van der Waals surface area contributed by atoms with Gasteiger partial charge in [-0.2, -0.15) is 0 Å². The topological polar surface area (TPSA) is 42.4 Å². The third-order valence-corrected chi connectivity index (χ3v) is 3.59. The molecule has 1 aliphatic rings. The van der Waals surface area contributed by atoms with Crippen LogP contribution in [0.4, 0.5) is 0 Å². The Balaban J connectivity index is 1.72. The molecule has 1 aromatic heterocycles. The molecule has 0 unspecified atom stereocenters. The predicted molar refractivity (Wildman–Crippen MR) is 86.1 cm³/mol. The van der Waals surface area contributed by atoms with Crippen LogP contribution >= 0.6 is 0 Å². The summed E-state index contributed by atoms with van der Waals surface area (Å²) in [5.41, 5.74) is 2.96. The molecule has 22 heavy (non-hydrogen) atoms. The second-order valence-corrected chi connectivity index (χ2v) is 5.11. The number of benzene rings is 1. The Morgan fingerprint density at radius 3 is 2.77 bits per heavy atom. The lowest BCUT2D eigenvalue weighted by Crippen LogP contribution is -2.39. The van der Waals surface area contributed by atoms with E-state index in [0.717, 1.165) is 16.8 Å². The van der Waals surface area contributed by atoms with Crippen molar-refractivity contribution in [1.82, 2.24) is 9.88 Å². The van der Waals surface area contributed by atoms with Gasteiger partial charge in [0.15, 0.2) is 0 Å². The summed E-state index contributed by atoms with van der Waals surface area (Å²) < 4.78 is 5.25. The van der Waals surface area contributed by atoms with Gasteiger partial charge in [0.2, 0.25) is 5.91 Å². The Morgan fingerprint density at radius 1 is 1.14 bits per heavy atom. The Labute approximate surface area is 130 Å². The zero-order valence-corrected chi connectivity index (χ0v) is 12.3. The standard InChI is InChI=1S/C18H18N2O2/c21-18(20-10-12-22-13-11-20)8-7-15-4-3-5-16(14-15)17-6-1-2-9-19-17/h1-9,14H,10-13H2. The number of amides is 1. The first-order valence-electron chi connectivity index (χ1n) is 7.39. The summed E-state index contributed by atoms with van der Waals surface area (Å²) in [6.07, 6.45) is 5.26. The molecule has 1 amide bonds. The van der Waals surface area contributed by atoms with E-state index in [1.165, 1.54) is 0 Å². The van der Waals surface area contributed by atoms with Gasteiger partial charge in [-0.15, -0.1) is 0 Å². The van der Waals surface area contributed by atoms with Crippen LogP contribution in [0.25, 0.3) is 17.3 Å². The molecule has 0 bridgehead atoms.